The Morgan fingerprint density at radius 1 is 1.38 bits per heavy atom. The van der Waals surface area contributed by atoms with E-state index < -0.39 is 0 Å². The lowest BCUT2D eigenvalue weighted by atomic mass is 9.95. The minimum Gasteiger partial charge on any atom is -0.349 e. The summed E-state index contributed by atoms with van der Waals surface area (Å²) in [5, 5.41) is 0. The van der Waals surface area contributed by atoms with E-state index in [1.54, 1.807) is 0 Å². The summed E-state index contributed by atoms with van der Waals surface area (Å²) in [5.74, 6) is 2.02. The van der Waals surface area contributed by atoms with Gasteiger partial charge < -0.3 is 9.80 Å². The van der Waals surface area contributed by atoms with E-state index in [4.69, 9.17) is 0 Å². The molecular formula is C10H19N3. The van der Waals surface area contributed by atoms with Gasteiger partial charge >= 0.3 is 0 Å². The highest BCUT2D eigenvalue weighted by atomic mass is 15.4. The molecule has 74 valence electrons. The molecule has 0 spiro atoms. The molecule has 0 radical (unpaired) electrons. The van der Waals surface area contributed by atoms with E-state index in [0.717, 1.165) is 12.5 Å². The van der Waals surface area contributed by atoms with Crippen molar-refractivity contribution in [2.45, 2.75) is 25.8 Å². The number of hydrogen-bond donors (Lipinski definition) is 0. The summed E-state index contributed by atoms with van der Waals surface area (Å²) in [4.78, 5) is 9.20. The van der Waals surface area contributed by atoms with E-state index in [-0.39, 0.29) is 0 Å². The highest BCUT2D eigenvalue weighted by molar-refractivity contribution is 5.81. The molecule has 0 aliphatic carbocycles. The van der Waals surface area contributed by atoms with Crippen molar-refractivity contribution in [3.05, 3.63) is 0 Å². The smallest absolute Gasteiger partial charge is 0.196 e. The number of aliphatic imine (C=N–C) groups is 1. The van der Waals surface area contributed by atoms with Crippen LogP contribution in [-0.4, -0.2) is 49.0 Å². The average molecular weight is 181 g/mol. The second kappa shape index (κ2) is 3.20. The van der Waals surface area contributed by atoms with Crippen molar-refractivity contribution in [2.75, 3.05) is 27.2 Å². The minimum absolute atomic E-state index is 0.702. The third-order valence-electron chi connectivity index (χ3n) is 3.04. The van der Waals surface area contributed by atoms with Crippen LogP contribution in [0.3, 0.4) is 0 Å². The summed E-state index contributed by atoms with van der Waals surface area (Å²) >= 11 is 0. The number of nitrogens with zero attached hydrogens (tertiary/aromatic N) is 3. The SMILES string of the molecule is CC1CCC2CN=C(N(C)C)N2C1. The monoisotopic (exact) mass is 181 g/mol. The van der Waals surface area contributed by atoms with Gasteiger partial charge in [0.25, 0.3) is 0 Å². The Morgan fingerprint density at radius 2 is 2.15 bits per heavy atom. The summed E-state index contributed by atoms with van der Waals surface area (Å²) in [6.07, 6.45) is 2.69. The van der Waals surface area contributed by atoms with E-state index in [0.29, 0.717) is 6.04 Å². The lowest BCUT2D eigenvalue weighted by Gasteiger charge is -2.37. The van der Waals surface area contributed by atoms with Gasteiger partial charge in [-0.3, -0.25) is 4.99 Å². The van der Waals surface area contributed by atoms with Crippen molar-refractivity contribution in [3.63, 3.8) is 0 Å². The molecule has 2 atom stereocenters. The van der Waals surface area contributed by atoms with Gasteiger partial charge in [-0.15, -0.1) is 0 Å². The molecule has 0 aromatic rings. The molecule has 0 aromatic carbocycles. The Bertz CT molecular complexity index is 222. The van der Waals surface area contributed by atoms with Crippen LogP contribution in [0.1, 0.15) is 19.8 Å². The maximum absolute atomic E-state index is 4.58. The number of piperidine rings is 1. The van der Waals surface area contributed by atoms with Crippen LogP contribution >= 0.6 is 0 Å². The quantitative estimate of drug-likeness (QED) is 0.555. The van der Waals surface area contributed by atoms with Gasteiger partial charge in [-0.05, 0) is 18.8 Å². The minimum atomic E-state index is 0.702. The predicted molar refractivity (Wildman–Crippen MR) is 54.9 cm³/mol. The van der Waals surface area contributed by atoms with Crippen LogP contribution in [0, 0.1) is 5.92 Å². The first-order valence-electron chi connectivity index (χ1n) is 5.17. The Balaban J connectivity index is 2.08. The molecule has 2 unspecified atom stereocenters. The van der Waals surface area contributed by atoms with Gasteiger partial charge in [-0.25, -0.2) is 0 Å². The highest BCUT2D eigenvalue weighted by Crippen LogP contribution is 2.26. The van der Waals surface area contributed by atoms with Crippen molar-refractivity contribution in [1.29, 1.82) is 0 Å². The largest absolute Gasteiger partial charge is 0.349 e. The van der Waals surface area contributed by atoms with E-state index in [2.05, 4.69) is 35.8 Å². The molecule has 3 nitrogen and oxygen atoms in total. The van der Waals surface area contributed by atoms with Crippen LogP contribution in [-0.2, 0) is 0 Å². The molecule has 0 saturated carbocycles. The summed E-state index contributed by atoms with van der Waals surface area (Å²) in [5.41, 5.74) is 0. The Morgan fingerprint density at radius 3 is 2.85 bits per heavy atom. The average Bonchev–Trinajstić information content (AvgIpc) is 2.46. The van der Waals surface area contributed by atoms with Gasteiger partial charge in [0, 0.05) is 20.6 Å². The number of fused-ring (bicyclic) bond motifs is 1. The van der Waals surface area contributed by atoms with Gasteiger partial charge in [-0.1, -0.05) is 6.92 Å². The van der Waals surface area contributed by atoms with Crippen molar-refractivity contribution >= 4 is 5.96 Å². The molecule has 3 heteroatoms. The second-order valence-electron chi connectivity index (χ2n) is 4.52. The molecule has 1 saturated heterocycles. The molecule has 0 N–H and O–H groups in total. The standard InChI is InChI=1S/C10H19N3/c1-8-4-5-9-6-11-10(12(2)3)13(9)7-8/h8-9H,4-7H2,1-3H3. The van der Waals surface area contributed by atoms with Gasteiger partial charge in [0.15, 0.2) is 5.96 Å². The number of guanidine groups is 1. The van der Waals surface area contributed by atoms with Crippen molar-refractivity contribution in [1.82, 2.24) is 9.80 Å². The van der Waals surface area contributed by atoms with E-state index in [1.165, 1.54) is 25.3 Å². The number of rotatable bonds is 0. The zero-order valence-corrected chi connectivity index (χ0v) is 8.82. The lowest BCUT2D eigenvalue weighted by Crippen LogP contribution is -2.47. The van der Waals surface area contributed by atoms with Crippen LogP contribution in [0.2, 0.25) is 0 Å². The van der Waals surface area contributed by atoms with E-state index >= 15 is 0 Å². The fraction of sp³-hybridized carbons (Fsp3) is 0.900. The van der Waals surface area contributed by atoms with Gasteiger partial charge in [-0.2, -0.15) is 0 Å². The van der Waals surface area contributed by atoms with Crippen LogP contribution in [0.15, 0.2) is 4.99 Å². The normalized spacial score (nSPS) is 32.8. The van der Waals surface area contributed by atoms with E-state index in [9.17, 15) is 0 Å². The van der Waals surface area contributed by atoms with Crippen LogP contribution in [0.5, 0.6) is 0 Å². The highest BCUT2D eigenvalue weighted by Gasteiger charge is 2.33. The fourth-order valence-electron chi connectivity index (χ4n) is 2.32. The van der Waals surface area contributed by atoms with Crippen LogP contribution in [0.4, 0.5) is 0 Å². The molecule has 2 aliphatic rings. The van der Waals surface area contributed by atoms with E-state index in [1.807, 2.05) is 0 Å². The summed E-state index contributed by atoms with van der Waals surface area (Å²) < 4.78 is 0. The molecule has 2 aliphatic heterocycles. The lowest BCUT2D eigenvalue weighted by molar-refractivity contribution is 0.202. The second-order valence-corrected chi connectivity index (χ2v) is 4.52. The van der Waals surface area contributed by atoms with Gasteiger partial charge in [0.1, 0.15) is 0 Å². The first kappa shape index (κ1) is 8.85. The first-order valence-corrected chi connectivity index (χ1v) is 5.17. The zero-order valence-electron chi connectivity index (χ0n) is 8.82. The van der Waals surface area contributed by atoms with Gasteiger partial charge in [0.05, 0.1) is 12.6 Å². The molecule has 0 amide bonds. The Kier molecular flexibility index (Phi) is 2.18. The van der Waals surface area contributed by atoms with Crippen LogP contribution < -0.4 is 0 Å². The topological polar surface area (TPSA) is 18.8 Å². The predicted octanol–water partition coefficient (Wildman–Crippen LogP) is 1.02. The summed E-state index contributed by atoms with van der Waals surface area (Å²) in [6, 6.07) is 0.702. The molecule has 0 bridgehead atoms. The summed E-state index contributed by atoms with van der Waals surface area (Å²) in [6.45, 7) is 4.55. The summed E-state index contributed by atoms with van der Waals surface area (Å²) in [7, 11) is 4.17. The molecule has 2 heterocycles. The Labute approximate surface area is 80.4 Å². The van der Waals surface area contributed by atoms with Gasteiger partial charge in [0.2, 0.25) is 0 Å². The molecule has 0 aromatic heterocycles. The van der Waals surface area contributed by atoms with Crippen molar-refractivity contribution in [3.8, 4) is 0 Å². The third-order valence-corrected chi connectivity index (χ3v) is 3.04. The molecule has 2 rings (SSSR count). The Hall–Kier alpha value is -0.730. The van der Waals surface area contributed by atoms with Crippen molar-refractivity contribution < 1.29 is 0 Å². The molecule has 13 heavy (non-hydrogen) atoms. The fourth-order valence-corrected chi connectivity index (χ4v) is 2.32. The third kappa shape index (κ3) is 1.52. The molecular weight excluding hydrogens is 162 g/mol. The first-order chi connectivity index (χ1) is 6.18. The molecule has 1 fully saturated rings. The van der Waals surface area contributed by atoms with Crippen molar-refractivity contribution in [2.24, 2.45) is 10.9 Å². The van der Waals surface area contributed by atoms with Crippen LogP contribution in [0.25, 0.3) is 0 Å². The number of hydrogen-bond acceptors (Lipinski definition) is 3. The maximum Gasteiger partial charge on any atom is 0.196 e. The zero-order chi connectivity index (χ0) is 9.42. The maximum atomic E-state index is 4.58.